The Bertz CT molecular complexity index is 470. The largest absolute Gasteiger partial charge is 0.482 e. The number of nitrogens with one attached hydrogen (secondary N) is 1. The molecule has 0 aliphatic heterocycles. The van der Waals surface area contributed by atoms with Crippen LogP contribution in [0.25, 0.3) is 0 Å². The fraction of sp³-hybridized carbons (Fsp3) is 0.429. The van der Waals surface area contributed by atoms with Gasteiger partial charge in [-0.25, -0.2) is 0 Å². The molecular formula is C14H20N2O3. The molecule has 0 saturated carbocycles. The fourth-order valence-corrected chi connectivity index (χ4v) is 1.47. The molecule has 0 heterocycles. The second-order valence-electron chi connectivity index (χ2n) is 4.80. The smallest absolute Gasteiger partial charge is 0.310 e. The molecule has 1 aromatic carbocycles. The molecule has 1 aromatic rings. The molecule has 0 aliphatic rings. The summed E-state index contributed by atoms with van der Waals surface area (Å²) in [5.41, 5.74) is 1.76. The van der Waals surface area contributed by atoms with Gasteiger partial charge in [0.15, 0.2) is 5.75 Å². The van der Waals surface area contributed by atoms with Crippen molar-refractivity contribution in [1.82, 2.24) is 5.32 Å². The van der Waals surface area contributed by atoms with Crippen LogP contribution in [0, 0.1) is 17.0 Å². The monoisotopic (exact) mass is 264 g/mol. The van der Waals surface area contributed by atoms with Crippen LogP contribution in [0.1, 0.15) is 19.4 Å². The Morgan fingerprint density at radius 3 is 2.79 bits per heavy atom. The molecule has 0 aliphatic carbocycles. The predicted octanol–water partition coefficient (Wildman–Crippen LogP) is 2.84. The highest BCUT2D eigenvalue weighted by Gasteiger charge is 2.14. The topological polar surface area (TPSA) is 64.4 Å². The minimum absolute atomic E-state index is 0.0183. The van der Waals surface area contributed by atoms with Crippen molar-refractivity contribution < 1.29 is 9.66 Å². The molecule has 5 nitrogen and oxygen atoms in total. The number of nitro groups is 1. The molecule has 0 unspecified atom stereocenters. The van der Waals surface area contributed by atoms with Gasteiger partial charge in [-0.05, 0) is 24.1 Å². The van der Waals surface area contributed by atoms with Crippen LogP contribution >= 0.6 is 0 Å². The third-order valence-corrected chi connectivity index (χ3v) is 2.50. The van der Waals surface area contributed by atoms with Crippen LogP contribution in [-0.2, 0) is 0 Å². The summed E-state index contributed by atoms with van der Waals surface area (Å²) in [6, 6.07) is 5.19. The minimum atomic E-state index is -0.441. The summed E-state index contributed by atoms with van der Waals surface area (Å²) < 4.78 is 5.49. The summed E-state index contributed by atoms with van der Waals surface area (Å²) in [7, 11) is 0. The average Bonchev–Trinajstić information content (AvgIpc) is 2.33. The number of nitro benzene ring substituents is 1. The van der Waals surface area contributed by atoms with Gasteiger partial charge in [0.05, 0.1) is 4.92 Å². The first-order valence-corrected chi connectivity index (χ1v) is 6.18. The predicted molar refractivity (Wildman–Crippen MR) is 75.6 cm³/mol. The second kappa shape index (κ2) is 6.89. The Hall–Kier alpha value is -1.88. The molecule has 5 heteroatoms. The summed E-state index contributed by atoms with van der Waals surface area (Å²) in [5, 5.41) is 14.1. The third-order valence-electron chi connectivity index (χ3n) is 2.50. The highest BCUT2D eigenvalue weighted by atomic mass is 16.6. The van der Waals surface area contributed by atoms with Gasteiger partial charge in [-0.1, -0.05) is 26.5 Å². The van der Waals surface area contributed by atoms with Crippen LogP contribution in [0.15, 0.2) is 30.4 Å². The Morgan fingerprint density at radius 1 is 1.53 bits per heavy atom. The maximum atomic E-state index is 10.9. The Balaban J connectivity index is 2.64. The van der Waals surface area contributed by atoms with Gasteiger partial charge in [-0.2, -0.15) is 0 Å². The number of nitrogens with zero attached hydrogens (tertiary/aromatic N) is 1. The highest BCUT2D eigenvalue weighted by molar-refractivity contribution is 5.48. The number of benzene rings is 1. The van der Waals surface area contributed by atoms with Gasteiger partial charge in [0.25, 0.3) is 0 Å². The molecule has 1 rings (SSSR count). The zero-order valence-corrected chi connectivity index (χ0v) is 11.6. The van der Waals surface area contributed by atoms with E-state index in [1.165, 1.54) is 6.07 Å². The Labute approximate surface area is 113 Å². The number of hydrogen-bond acceptors (Lipinski definition) is 4. The summed E-state index contributed by atoms with van der Waals surface area (Å²) in [5.74, 6) is 0.288. The van der Waals surface area contributed by atoms with Crippen LogP contribution in [0.2, 0.25) is 0 Å². The van der Waals surface area contributed by atoms with E-state index in [1.54, 1.807) is 12.1 Å². The zero-order valence-electron chi connectivity index (χ0n) is 11.6. The summed E-state index contributed by atoms with van der Waals surface area (Å²) in [6.45, 7) is 10.7. The van der Waals surface area contributed by atoms with Crippen molar-refractivity contribution in [3.8, 4) is 5.75 Å². The lowest BCUT2D eigenvalue weighted by Gasteiger charge is -2.12. The number of ether oxygens (including phenoxy) is 1. The fourth-order valence-electron chi connectivity index (χ4n) is 1.47. The molecule has 0 atom stereocenters. The normalized spacial score (nSPS) is 10.5. The average molecular weight is 264 g/mol. The van der Waals surface area contributed by atoms with Crippen LogP contribution in [0.4, 0.5) is 5.69 Å². The lowest BCUT2D eigenvalue weighted by Crippen LogP contribution is -2.26. The van der Waals surface area contributed by atoms with E-state index in [2.05, 4.69) is 11.9 Å². The Morgan fingerprint density at radius 2 is 2.21 bits per heavy atom. The van der Waals surface area contributed by atoms with Gasteiger partial charge >= 0.3 is 5.69 Å². The van der Waals surface area contributed by atoms with Crippen LogP contribution in [0.5, 0.6) is 5.75 Å². The summed E-state index contributed by atoms with van der Waals surface area (Å²) in [4.78, 5) is 10.4. The molecule has 0 spiro atoms. The maximum absolute atomic E-state index is 10.9. The molecule has 19 heavy (non-hydrogen) atoms. The number of hydrogen-bond donors (Lipinski definition) is 1. The van der Waals surface area contributed by atoms with E-state index in [9.17, 15) is 10.1 Å². The van der Waals surface area contributed by atoms with E-state index in [-0.39, 0.29) is 18.0 Å². The molecule has 0 radical (unpaired) electrons. The van der Waals surface area contributed by atoms with Gasteiger partial charge < -0.3 is 10.1 Å². The molecular weight excluding hydrogens is 244 g/mol. The van der Waals surface area contributed by atoms with E-state index in [0.717, 1.165) is 11.1 Å². The van der Waals surface area contributed by atoms with Crippen molar-refractivity contribution in [2.45, 2.75) is 26.8 Å². The quantitative estimate of drug-likeness (QED) is 0.467. The van der Waals surface area contributed by atoms with Crippen molar-refractivity contribution in [2.75, 3.05) is 13.2 Å². The first kappa shape index (κ1) is 15.2. The van der Waals surface area contributed by atoms with Gasteiger partial charge in [-0.3, -0.25) is 10.1 Å². The van der Waals surface area contributed by atoms with Gasteiger partial charge in [0, 0.05) is 18.7 Å². The lowest BCUT2D eigenvalue weighted by molar-refractivity contribution is -0.385. The zero-order chi connectivity index (χ0) is 14.4. The van der Waals surface area contributed by atoms with Crippen molar-refractivity contribution >= 4 is 5.69 Å². The molecule has 0 fully saturated rings. The SMILES string of the molecule is C=C(CNC(C)C)COc1cc(C)ccc1[N+](=O)[O-]. The van der Waals surface area contributed by atoms with Gasteiger partial charge in [-0.15, -0.1) is 0 Å². The first-order valence-electron chi connectivity index (χ1n) is 6.18. The Kier molecular flexibility index (Phi) is 5.51. The molecule has 0 bridgehead atoms. The van der Waals surface area contributed by atoms with Crippen molar-refractivity contribution in [3.63, 3.8) is 0 Å². The standard InChI is InChI=1S/C14H20N2O3/c1-10(2)15-8-12(4)9-19-14-7-11(3)5-6-13(14)16(17)18/h5-7,10,15H,4,8-9H2,1-3H3. The minimum Gasteiger partial charge on any atom is -0.482 e. The van der Waals surface area contributed by atoms with Crippen molar-refractivity contribution in [1.29, 1.82) is 0 Å². The van der Waals surface area contributed by atoms with Crippen molar-refractivity contribution in [3.05, 3.63) is 46.0 Å². The second-order valence-corrected chi connectivity index (χ2v) is 4.80. The molecule has 1 N–H and O–H groups in total. The molecule has 0 aromatic heterocycles. The maximum Gasteiger partial charge on any atom is 0.310 e. The molecule has 0 saturated heterocycles. The van der Waals surface area contributed by atoms with E-state index >= 15 is 0 Å². The van der Waals surface area contributed by atoms with Crippen LogP contribution in [0.3, 0.4) is 0 Å². The summed E-state index contributed by atoms with van der Waals surface area (Å²) >= 11 is 0. The van der Waals surface area contributed by atoms with Crippen LogP contribution in [-0.4, -0.2) is 24.1 Å². The van der Waals surface area contributed by atoms with E-state index in [0.29, 0.717) is 12.6 Å². The lowest BCUT2D eigenvalue weighted by atomic mass is 10.2. The number of aryl methyl sites for hydroxylation is 1. The third kappa shape index (κ3) is 5.09. The van der Waals surface area contributed by atoms with Crippen molar-refractivity contribution in [2.24, 2.45) is 0 Å². The van der Waals surface area contributed by atoms with Crippen LogP contribution < -0.4 is 10.1 Å². The van der Waals surface area contributed by atoms with E-state index in [1.807, 2.05) is 20.8 Å². The molecule has 104 valence electrons. The number of rotatable bonds is 7. The van der Waals surface area contributed by atoms with Gasteiger partial charge in [0.2, 0.25) is 0 Å². The van der Waals surface area contributed by atoms with E-state index < -0.39 is 4.92 Å². The van der Waals surface area contributed by atoms with Gasteiger partial charge in [0.1, 0.15) is 6.61 Å². The highest BCUT2D eigenvalue weighted by Crippen LogP contribution is 2.27. The summed E-state index contributed by atoms with van der Waals surface area (Å²) in [6.07, 6.45) is 0. The first-order chi connectivity index (χ1) is 8.90. The molecule has 0 amide bonds. The van der Waals surface area contributed by atoms with E-state index in [4.69, 9.17) is 4.74 Å².